The van der Waals surface area contributed by atoms with Crippen LogP contribution in [0, 0.1) is 0 Å². The second-order valence-corrected chi connectivity index (χ2v) is 7.44. The minimum atomic E-state index is 0.954. The van der Waals surface area contributed by atoms with Crippen LogP contribution in [0.4, 0.5) is 0 Å². The van der Waals surface area contributed by atoms with Gasteiger partial charge in [0.2, 0.25) is 0 Å². The van der Waals surface area contributed by atoms with Gasteiger partial charge in [0.25, 0.3) is 0 Å². The minimum Gasteiger partial charge on any atom is -0.100 e. The summed E-state index contributed by atoms with van der Waals surface area (Å²) in [6.45, 7) is 15.0. The molecule has 0 aliphatic heterocycles. The van der Waals surface area contributed by atoms with Crippen molar-refractivity contribution in [3.8, 4) is 0 Å². The Balaban J connectivity index is 0.000000272. The lowest BCUT2D eigenvalue weighted by atomic mass is 10.00. The molecule has 0 fully saturated rings. The first kappa shape index (κ1) is 23.4. The van der Waals surface area contributed by atoms with Gasteiger partial charge in [-0.05, 0) is 54.7 Å². The summed E-state index contributed by atoms with van der Waals surface area (Å²) in [7, 11) is 0. The highest BCUT2D eigenvalue weighted by atomic mass is 79.9. The number of allylic oxidation sites excluding steroid dienone is 1. The number of halogens is 1. The summed E-state index contributed by atoms with van der Waals surface area (Å²) in [6, 6.07) is 26.8. The molecular weight excluding hydrogens is 404 g/mol. The molecule has 0 nitrogen and oxygen atoms in total. The van der Waals surface area contributed by atoms with Crippen molar-refractivity contribution in [1.29, 1.82) is 0 Å². The Morgan fingerprint density at radius 3 is 1.82 bits per heavy atom. The smallest absolute Gasteiger partial charge is 0.0175 e. The molecule has 0 radical (unpaired) electrons. The van der Waals surface area contributed by atoms with Crippen molar-refractivity contribution in [3.05, 3.63) is 131 Å². The fourth-order valence-corrected chi connectivity index (χ4v) is 2.57. The van der Waals surface area contributed by atoms with Crippen molar-refractivity contribution >= 4 is 28.1 Å². The molecule has 28 heavy (non-hydrogen) atoms. The summed E-state index contributed by atoms with van der Waals surface area (Å²) in [5, 5.41) is 0. The minimum absolute atomic E-state index is 0.954. The second kappa shape index (κ2) is 13.5. The van der Waals surface area contributed by atoms with Gasteiger partial charge in [0.05, 0.1) is 0 Å². The van der Waals surface area contributed by atoms with Gasteiger partial charge >= 0.3 is 0 Å². The second-order valence-electron chi connectivity index (χ2n) is 6.53. The zero-order valence-electron chi connectivity index (χ0n) is 16.9. The molecule has 0 unspecified atom stereocenters. The molecule has 0 heterocycles. The number of hydrogen-bond donors (Lipinski definition) is 0. The molecule has 0 saturated carbocycles. The Hall–Kier alpha value is -2.64. The van der Waals surface area contributed by atoms with Gasteiger partial charge in [-0.3, -0.25) is 0 Å². The summed E-state index contributed by atoms with van der Waals surface area (Å²) in [5.41, 5.74) is 6.19. The van der Waals surface area contributed by atoms with Crippen LogP contribution in [0.15, 0.2) is 109 Å². The van der Waals surface area contributed by atoms with Gasteiger partial charge in [0.1, 0.15) is 0 Å². The summed E-state index contributed by atoms with van der Waals surface area (Å²) in [5.74, 6) is 0. The van der Waals surface area contributed by atoms with Crippen LogP contribution in [-0.4, -0.2) is 0 Å². The standard InChI is InChI=1S/C15H13Br.C8H8.C4H8/c1-2-13-5-3-4-6-14(13)11-12-7-9-15(16)10-8-12;1-2-8-6-4-3-5-7-8;1-4(2)3/h2-10H,1,11H2;2-7H,1H2;1H2,2-3H3. The van der Waals surface area contributed by atoms with Crippen molar-refractivity contribution in [1.82, 2.24) is 0 Å². The molecule has 0 bridgehead atoms. The lowest BCUT2D eigenvalue weighted by molar-refractivity contribution is 1.18. The normalized spacial score (nSPS) is 9.11. The average Bonchev–Trinajstić information content (AvgIpc) is 2.71. The van der Waals surface area contributed by atoms with Crippen molar-refractivity contribution in [2.24, 2.45) is 0 Å². The Morgan fingerprint density at radius 1 is 0.786 bits per heavy atom. The first-order valence-electron chi connectivity index (χ1n) is 9.20. The van der Waals surface area contributed by atoms with E-state index in [4.69, 9.17) is 0 Å². The van der Waals surface area contributed by atoms with Gasteiger partial charge in [0, 0.05) is 4.47 Å². The third-order valence-electron chi connectivity index (χ3n) is 3.62. The lowest BCUT2D eigenvalue weighted by Crippen LogP contribution is -1.90. The van der Waals surface area contributed by atoms with Crippen LogP contribution >= 0.6 is 15.9 Å². The topological polar surface area (TPSA) is 0 Å². The zero-order chi connectivity index (χ0) is 20.8. The van der Waals surface area contributed by atoms with E-state index in [1.165, 1.54) is 27.8 Å². The fraction of sp³-hybridized carbons (Fsp3) is 0.111. The Bertz CT molecular complexity index is 854. The molecule has 0 N–H and O–H groups in total. The maximum absolute atomic E-state index is 3.84. The summed E-state index contributed by atoms with van der Waals surface area (Å²) >= 11 is 3.44. The fourth-order valence-electron chi connectivity index (χ4n) is 2.31. The summed E-state index contributed by atoms with van der Waals surface area (Å²) < 4.78 is 1.12. The van der Waals surface area contributed by atoms with Crippen LogP contribution in [0.2, 0.25) is 0 Å². The quantitative estimate of drug-likeness (QED) is 0.361. The molecule has 0 saturated heterocycles. The van der Waals surface area contributed by atoms with Crippen LogP contribution in [0.5, 0.6) is 0 Å². The van der Waals surface area contributed by atoms with E-state index in [1.54, 1.807) is 0 Å². The van der Waals surface area contributed by atoms with Crippen molar-refractivity contribution in [2.75, 3.05) is 0 Å². The van der Waals surface area contributed by atoms with E-state index in [0.717, 1.165) is 10.9 Å². The first-order chi connectivity index (χ1) is 13.5. The van der Waals surface area contributed by atoms with Gasteiger partial charge in [0.15, 0.2) is 0 Å². The molecule has 0 aliphatic carbocycles. The molecule has 0 aliphatic rings. The molecule has 0 aromatic heterocycles. The number of rotatable bonds is 4. The Labute approximate surface area is 179 Å². The molecule has 0 atom stereocenters. The molecule has 3 rings (SSSR count). The van der Waals surface area contributed by atoms with E-state index in [9.17, 15) is 0 Å². The molecule has 3 aromatic rings. The van der Waals surface area contributed by atoms with Gasteiger partial charge in [-0.2, -0.15) is 0 Å². The zero-order valence-corrected chi connectivity index (χ0v) is 18.5. The largest absolute Gasteiger partial charge is 0.100 e. The van der Waals surface area contributed by atoms with E-state index in [-0.39, 0.29) is 0 Å². The van der Waals surface area contributed by atoms with E-state index in [1.807, 2.05) is 62.4 Å². The lowest BCUT2D eigenvalue weighted by Gasteiger charge is -2.06. The highest BCUT2D eigenvalue weighted by Crippen LogP contribution is 2.17. The Kier molecular flexibility index (Phi) is 11.3. The maximum atomic E-state index is 3.84. The number of hydrogen-bond acceptors (Lipinski definition) is 0. The van der Waals surface area contributed by atoms with Gasteiger partial charge in [-0.25, -0.2) is 0 Å². The number of benzene rings is 3. The highest BCUT2D eigenvalue weighted by Gasteiger charge is 2.00. The molecule has 3 aromatic carbocycles. The first-order valence-corrected chi connectivity index (χ1v) is 10.00. The van der Waals surface area contributed by atoms with E-state index in [2.05, 4.69) is 78.1 Å². The van der Waals surface area contributed by atoms with Gasteiger partial charge in [-0.15, -0.1) is 6.58 Å². The summed E-state index contributed by atoms with van der Waals surface area (Å²) in [4.78, 5) is 0. The monoisotopic (exact) mass is 432 g/mol. The molecule has 0 spiro atoms. The molecular formula is C27H29Br. The van der Waals surface area contributed by atoms with Crippen molar-refractivity contribution in [2.45, 2.75) is 20.3 Å². The Morgan fingerprint density at radius 2 is 1.32 bits per heavy atom. The van der Waals surface area contributed by atoms with Crippen LogP contribution in [-0.2, 0) is 6.42 Å². The van der Waals surface area contributed by atoms with Crippen molar-refractivity contribution < 1.29 is 0 Å². The van der Waals surface area contributed by atoms with Gasteiger partial charge in [-0.1, -0.05) is 114 Å². The predicted octanol–water partition coefficient (Wildman–Crippen LogP) is 8.59. The SMILES string of the molecule is C=C(C)C.C=Cc1ccccc1.C=Cc1ccccc1Cc1ccc(Br)cc1. The summed E-state index contributed by atoms with van der Waals surface area (Å²) in [6.07, 6.45) is 4.70. The predicted molar refractivity (Wildman–Crippen MR) is 131 cm³/mol. The third kappa shape index (κ3) is 9.89. The van der Waals surface area contributed by atoms with Crippen LogP contribution < -0.4 is 0 Å². The molecule has 1 heteroatoms. The molecule has 144 valence electrons. The van der Waals surface area contributed by atoms with E-state index >= 15 is 0 Å². The van der Waals surface area contributed by atoms with E-state index < -0.39 is 0 Å². The average molecular weight is 433 g/mol. The maximum Gasteiger partial charge on any atom is 0.0175 e. The third-order valence-corrected chi connectivity index (χ3v) is 4.15. The van der Waals surface area contributed by atoms with Gasteiger partial charge < -0.3 is 0 Å². The van der Waals surface area contributed by atoms with Crippen molar-refractivity contribution in [3.63, 3.8) is 0 Å². The molecule has 0 amide bonds. The highest BCUT2D eigenvalue weighted by molar-refractivity contribution is 9.10. The van der Waals surface area contributed by atoms with Crippen LogP contribution in [0.1, 0.15) is 36.1 Å². The van der Waals surface area contributed by atoms with Crippen LogP contribution in [0.25, 0.3) is 12.2 Å². The van der Waals surface area contributed by atoms with Crippen LogP contribution in [0.3, 0.4) is 0 Å². The van der Waals surface area contributed by atoms with E-state index in [0.29, 0.717) is 0 Å².